The van der Waals surface area contributed by atoms with E-state index in [4.69, 9.17) is 11.5 Å². The third kappa shape index (κ3) is 6.02. The van der Waals surface area contributed by atoms with Gasteiger partial charge in [0, 0.05) is 50.7 Å². The molecule has 1 unspecified atom stereocenters. The van der Waals surface area contributed by atoms with Crippen LogP contribution in [0.3, 0.4) is 0 Å². The van der Waals surface area contributed by atoms with E-state index in [0.29, 0.717) is 67.9 Å². The maximum absolute atomic E-state index is 13.5. The molecule has 44 heavy (non-hydrogen) atoms. The lowest BCUT2D eigenvalue weighted by atomic mass is 9.88. The normalized spacial score (nSPS) is 19.6. The first-order valence-corrected chi connectivity index (χ1v) is 15.6. The first-order chi connectivity index (χ1) is 21.2. The maximum Gasteiger partial charge on any atom is 0.302 e. The number of benzene rings is 1. The summed E-state index contributed by atoms with van der Waals surface area (Å²) in [6.45, 7) is 2.24. The molecule has 2 saturated heterocycles. The number of guanidine groups is 1. The number of hydrogen-bond donors (Lipinski definition) is 4. The Bertz CT molecular complexity index is 1620. The van der Waals surface area contributed by atoms with Gasteiger partial charge in [-0.1, -0.05) is 24.3 Å². The van der Waals surface area contributed by atoms with E-state index in [9.17, 15) is 14.4 Å². The molecule has 2 fully saturated rings. The van der Waals surface area contributed by atoms with E-state index in [1.54, 1.807) is 12.4 Å². The second kappa shape index (κ2) is 12.3. The van der Waals surface area contributed by atoms with Gasteiger partial charge in [-0.05, 0) is 71.5 Å². The molecule has 1 aromatic carbocycles. The molecule has 0 radical (unpaired) electrons. The van der Waals surface area contributed by atoms with Gasteiger partial charge in [-0.15, -0.1) is 0 Å². The number of aliphatic imine (C=N–C) groups is 1. The van der Waals surface area contributed by atoms with Crippen LogP contribution >= 0.6 is 22.6 Å². The molecular weight excluding hydrogens is 675 g/mol. The highest BCUT2D eigenvalue weighted by Crippen LogP contribution is 2.39. The van der Waals surface area contributed by atoms with Crippen LogP contribution in [0.2, 0.25) is 0 Å². The van der Waals surface area contributed by atoms with Crippen LogP contribution in [0.1, 0.15) is 53.2 Å². The topological polar surface area (TPSA) is 185 Å². The number of aromatic nitrogens is 3. The zero-order chi connectivity index (χ0) is 30.8. The number of nitrogens with two attached hydrogens (primary N) is 2. The van der Waals surface area contributed by atoms with Crippen molar-refractivity contribution in [1.29, 1.82) is 0 Å². The zero-order valence-electron chi connectivity index (χ0n) is 24.0. The molecule has 2 aromatic heterocycles. The number of hydrogen-bond acceptors (Lipinski definition) is 8. The first-order valence-electron chi connectivity index (χ1n) is 14.5. The smallest absolute Gasteiger partial charge is 0.302 e. The third-order valence-corrected chi connectivity index (χ3v) is 9.27. The molecule has 14 heteroatoms. The Labute approximate surface area is 268 Å². The molecule has 3 aliphatic heterocycles. The lowest BCUT2D eigenvalue weighted by Gasteiger charge is -2.38. The summed E-state index contributed by atoms with van der Waals surface area (Å²) in [6, 6.07) is 11.8. The van der Waals surface area contributed by atoms with Crippen molar-refractivity contribution < 1.29 is 14.4 Å². The lowest BCUT2D eigenvalue weighted by molar-refractivity contribution is -0.133. The molecule has 5 heterocycles. The molecule has 0 bridgehead atoms. The van der Waals surface area contributed by atoms with E-state index in [1.807, 2.05) is 68.8 Å². The Balaban J connectivity index is 1.00. The number of pyridine rings is 1. The number of anilines is 3. The van der Waals surface area contributed by atoms with Crippen molar-refractivity contribution >= 4 is 63.6 Å². The molecule has 3 amide bonds. The van der Waals surface area contributed by atoms with Gasteiger partial charge >= 0.3 is 5.91 Å². The Hall–Kier alpha value is -4.34. The van der Waals surface area contributed by atoms with Crippen LogP contribution in [0, 0.1) is 3.70 Å². The number of fused-ring (bicyclic) bond motifs is 1. The molecule has 0 aliphatic carbocycles. The second-order valence-corrected chi connectivity index (χ2v) is 12.3. The Morgan fingerprint density at radius 1 is 1.09 bits per heavy atom. The van der Waals surface area contributed by atoms with Crippen molar-refractivity contribution in [3.8, 4) is 0 Å². The number of piperidine rings is 1. The molecule has 0 saturated carbocycles. The van der Waals surface area contributed by atoms with Gasteiger partial charge in [0.1, 0.15) is 3.70 Å². The van der Waals surface area contributed by atoms with Crippen molar-refractivity contribution in [3.63, 3.8) is 0 Å². The molecule has 6 N–H and O–H groups in total. The van der Waals surface area contributed by atoms with Gasteiger partial charge in [0.2, 0.25) is 11.8 Å². The lowest BCUT2D eigenvalue weighted by Crippen LogP contribution is -2.53. The fourth-order valence-electron chi connectivity index (χ4n) is 6.10. The number of rotatable bonds is 7. The average molecular weight is 709 g/mol. The number of amides is 3. The summed E-state index contributed by atoms with van der Waals surface area (Å²) in [4.78, 5) is 59.4. The molecule has 3 aliphatic rings. The molecule has 228 valence electrons. The Kier molecular flexibility index (Phi) is 8.33. The Morgan fingerprint density at radius 3 is 2.66 bits per heavy atom. The summed E-state index contributed by atoms with van der Waals surface area (Å²) in [7, 11) is 0. The number of para-hydroxylation sites is 1. The monoisotopic (exact) mass is 708 g/mol. The second-order valence-electron chi connectivity index (χ2n) is 11.3. The quantitative estimate of drug-likeness (QED) is 0.264. The van der Waals surface area contributed by atoms with Crippen molar-refractivity contribution in [2.24, 2.45) is 4.99 Å². The van der Waals surface area contributed by atoms with E-state index in [0.717, 1.165) is 16.8 Å². The summed E-state index contributed by atoms with van der Waals surface area (Å²) in [5.41, 5.74) is 14.2. The van der Waals surface area contributed by atoms with E-state index >= 15 is 0 Å². The minimum Gasteiger partial charge on any atom is -0.382 e. The zero-order valence-corrected chi connectivity index (χ0v) is 26.2. The van der Waals surface area contributed by atoms with Gasteiger partial charge in [-0.25, -0.2) is 9.97 Å². The van der Waals surface area contributed by atoms with Gasteiger partial charge in [0.05, 0.1) is 11.5 Å². The molecule has 1 spiro atoms. The molecular formula is C30H33IN10O3. The van der Waals surface area contributed by atoms with Crippen LogP contribution in [0.25, 0.3) is 0 Å². The summed E-state index contributed by atoms with van der Waals surface area (Å²) in [5.74, 6) is -0.283. The summed E-state index contributed by atoms with van der Waals surface area (Å²) < 4.78 is 0.378. The number of carbonyl (C=O) groups excluding carboxylic acids is 3. The van der Waals surface area contributed by atoms with Crippen LogP contribution in [0.5, 0.6) is 0 Å². The third-order valence-electron chi connectivity index (χ3n) is 8.47. The minimum absolute atomic E-state index is 0.0517. The SMILES string of the molecule is Nc1nc(N)c(C(=O)/N=C2\NCC3(CCN(C(=O)CCCN4C(=O)C(Cc5cccnc5)c5ccccc54)CC3)N2)nc1I. The standard InChI is InChI=1S/C30H33IN10O3/c31-24-26(33)37-25(32)23(36-24)27(43)38-29-35-17-30(39-29)9-13-40(14-10-30)22(42)8-4-12-41-21-7-2-1-6-19(21)20(28(41)44)15-18-5-3-11-34-16-18/h1-3,5-7,11,16,20H,4,8-10,12-15,17H2,(H4,32,33,37)(H2,35,38,39,43). The van der Waals surface area contributed by atoms with Crippen LogP contribution < -0.4 is 27.0 Å². The van der Waals surface area contributed by atoms with Gasteiger partial charge in [0.25, 0.3) is 0 Å². The largest absolute Gasteiger partial charge is 0.382 e. The van der Waals surface area contributed by atoms with Crippen molar-refractivity contribution in [2.45, 2.75) is 43.6 Å². The van der Waals surface area contributed by atoms with Crippen LogP contribution in [0.4, 0.5) is 17.3 Å². The van der Waals surface area contributed by atoms with E-state index in [2.05, 4.69) is 30.6 Å². The molecule has 6 rings (SSSR count). The van der Waals surface area contributed by atoms with Crippen molar-refractivity contribution in [2.75, 3.05) is 42.5 Å². The predicted molar refractivity (Wildman–Crippen MR) is 174 cm³/mol. The highest BCUT2D eigenvalue weighted by atomic mass is 127. The van der Waals surface area contributed by atoms with Crippen LogP contribution in [-0.2, 0) is 16.0 Å². The van der Waals surface area contributed by atoms with Crippen LogP contribution in [0.15, 0.2) is 53.8 Å². The number of nitrogen functional groups attached to an aromatic ring is 2. The summed E-state index contributed by atoms with van der Waals surface area (Å²) in [5, 5.41) is 6.51. The van der Waals surface area contributed by atoms with Crippen molar-refractivity contribution in [3.05, 3.63) is 69.3 Å². The molecule has 13 nitrogen and oxygen atoms in total. The number of likely N-dealkylation sites (tertiary alicyclic amines) is 1. The minimum atomic E-state index is -0.616. The van der Waals surface area contributed by atoms with E-state index in [-0.39, 0.29) is 40.6 Å². The number of nitrogens with zero attached hydrogens (tertiary/aromatic N) is 6. The summed E-state index contributed by atoms with van der Waals surface area (Å²) >= 11 is 1.89. The van der Waals surface area contributed by atoms with E-state index < -0.39 is 5.91 Å². The number of nitrogens with one attached hydrogen (secondary N) is 2. The predicted octanol–water partition coefficient (Wildman–Crippen LogP) is 1.84. The van der Waals surface area contributed by atoms with Gasteiger partial charge in [-0.2, -0.15) is 4.99 Å². The molecule has 3 aromatic rings. The average Bonchev–Trinajstić information content (AvgIpc) is 3.53. The number of halogens is 1. The van der Waals surface area contributed by atoms with Gasteiger partial charge < -0.3 is 31.9 Å². The highest BCUT2D eigenvalue weighted by molar-refractivity contribution is 14.1. The van der Waals surface area contributed by atoms with Gasteiger partial charge in [0.15, 0.2) is 23.3 Å². The fourth-order valence-corrected chi connectivity index (χ4v) is 6.46. The maximum atomic E-state index is 13.5. The first kappa shape index (κ1) is 29.7. The van der Waals surface area contributed by atoms with Gasteiger partial charge in [-0.3, -0.25) is 19.4 Å². The van der Waals surface area contributed by atoms with Crippen molar-refractivity contribution in [1.82, 2.24) is 30.5 Å². The van der Waals surface area contributed by atoms with E-state index in [1.165, 1.54) is 0 Å². The van der Waals surface area contributed by atoms with Crippen LogP contribution in [-0.4, -0.2) is 75.3 Å². The Morgan fingerprint density at radius 2 is 1.89 bits per heavy atom. The fraction of sp³-hybridized carbons (Fsp3) is 0.367. The summed E-state index contributed by atoms with van der Waals surface area (Å²) in [6.07, 6.45) is 6.48. The molecule has 1 atom stereocenters. The highest BCUT2D eigenvalue weighted by Gasteiger charge is 2.41. The number of carbonyl (C=O) groups is 3.